The zero-order valence-corrected chi connectivity index (χ0v) is 14.7. The van der Waals surface area contributed by atoms with Gasteiger partial charge in [-0.15, -0.1) is 0 Å². The van der Waals surface area contributed by atoms with E-state index in [-0.39, 0.29) is 23.6 Å². The van der Waals surface area contributed by atoms with Crippen LogP contribution in [-0.4, -0.2) is 38.1 Å². The molecule has 1 amide bonds. The zero-order chi connectivity index (χ0) is 18.8. The summed E-state index contributed by atoms with van der Waals surface area (Å²) < 4.78 is 16.0. The molecule has 3 rings (SSSR count). The van der Waals surface area contributed by atoms with Gasteiger partial charge in [-0.2, -0.15) is 0 Å². The zero-order valence-electron chi connectivity index (χ0n) is 14.7. The highest BCUT2D eigenvalue weighted by atomic mass is 16.5. The molecule has 1 aliphatic rings. The van der Waals surface area contributed by atoms with Crippen molar-refractivity contribution in [3.8, 4) is 17.2 Å². The SMILES string of the molecule is COc1cc(CN2Cc3cccc(C(=O)[O-])c3C2=O)cc(OC)c1OC. The number of carboxylic acids is 1. The number of nitrogens with zero attached hydrogens (tertiary/aromatic N) is 1. The first-order valence-corrected chi connectivity index (χ1v) is 7.91. The second kappa shape index (κ2) is 6.95. The van der Waals surface area contributed by atoms with Crippen molar-refractivity contribution >= 4 is 11.9 Å². The third-order valence-corrected chi connectivity index (χ3v) is 4.33. The number of methoxy groups -OCH3 is 3. The molecular weight excluding hydrogens is 338 g/mol. The fraction of sp³-hybridized carbons (Fsp3) is 0.263. The Bertz CT molecular complexity index is 851. The Morgan fingerprint density at radius 2 is 1.77 bits per heavy atom. The summed E-state index contributed by atoms with van der Waals surface area (Å²) in [6.07, 6.45) is 0. The Balaban J connectivity index is 1.93. The predicted molar refractivity (Wildman–Crippen MR) is 90.4 cm³/mol. The van der Waals surface area contributed by atoms with Gasteiger partial charge in [0.2, 0.25) is 5.75 Å². The average molecular weight is 356 g/mol. The number of ether oxygens (including phenoxy) is 3. The fourth-order valence-corrected chi connectivity index (χ4v) is 3.16. The third-order valence-electron chi connectivity index (χ3n) is 4.33. The summed E-state index contributed by atoms with van der Waals surface area (Å²) in [6.45, 7) is 0.600. The molecule has 0 fully saturated rings. The highest BCUT2D eigenvalue weighted by molar-refractivity contribution is 6.07. The Morgan fingerprint density at radius 1 is 1.12 bits per heavy atom. The molecule has 0 atom stereocenters. The quantitative estimate of drug-likeness (QED) is 0.774. The Kier molecular flexibility index (Phi) is 4.71. The van der Waals surface area contributed by atoms with Crippen LogP contribution in [0.4, 0.5) is 0 Å². The van der Waals surface area contributed by atoms with E-state index in [9.17, 15) is 14.7 Å². The summed E-state index contributed by atoms with van der Waals surface area (Å²) >= 11 is 0. The molecule has 1 heterocycles. The number of hydrogen-bond donors (Lipinski definition) is 0. The molecular formula is C19H18NO6-. The van der Waals surface area contributed by atoms with Crippen molar-refractivity contribution < 1.29 is 28.9 Å². The number of benzene rings is 2. The maximum atomic E-state index is 12.7. The molecule has 7 heteroatoms. The lowest BCUT2D eigenvalue weighted by atomic mass is 10.0. The van der Waals surface area contributed by atoms with Crippen LogP contribution in [0.2, 0.25) is 0 Å². The van der Waals surface area contributed by atoms with Crippen molar-refractivity contribution in [3.63, 3.8) is 0 Å². The number of carbonyl (C=O) groups is 2. The van der Waals surface area contributed by atoms with Gasteiger partial charge in [0.1, 0.15) is 0 Å². The molecule has 1 aliphatic heterocycles. The summed E-state index contributed by atoms with van der Waals surface area (Å²) in [5.74, 6) is -0.254. The molecule has 0 saturated heterocycles. The van der Waals surface area contributed by atoms with Gasteiger partial charge in [-0.3, -0.25) is 4.79 Å². The smallest absolute Gasteiger partial charge is 0.255 e. The first kappa shape index (κ1) is 17.6. The van der Waals surface area contributed by atoms with E-state index in [0.29, 0.717) is 29.4 Å². The predicted octanol–water partition coefficient (Wildman–Crippen LogP) is 1.23. The number of amides is 1. The van der Waals surface area contributed by atoms with E-state index < -0.39 is 5.97 Å². The number of rotatable bonds is 6. The van der Waals surface area contributed by atoms with Gasteiger partial charge >= 0.3 is 0 Å². The van der Waals surface area contributed by atoms with Crippen LogP contribution in [-0.2, 0) is 13.1 Å². The lowest BCUT2D eigenvalue weighted by Gasteiger charge is -2.19. The molecule has 2 aromatic rings. The standard InChI is InChI=1S/C19H19NO6/c1-24-14-7-11(8-15(25-2)17(14)26-3)9-20-10-12-5-4-6-13(19(22)23)16(12)18(20)21/h4-8H,9-10H2,1-3H3,(H,22,23)/p-1. The van der Waals surface area contributed by atoms with Crippen molar-refractivity contribution in [2.75, 3.05) is 21.3 Å². The molecule has 0 aliphatic carbocycles. The van der Waals surface area contributed by atoms with Crippen molar-refractivity contribution in [2.24, 2.45) is 0 Å². The third kappa shape index (κ3) is 2.92. The van der Waals surface area contributed by atoms with Crippen molar-refractivity contribution in [3.05, 3.63) is 52.6 Å². The molecule has 26 heavy (non-hydrogen) atoms. The van der Waals surface area contributed by atoms with E-state index in [1.54, 1.807) is 29.2 Å². The minimum Gasteiger partial charge on any atom is -0.545 e. The second-order valence-corrected chi connectivity index (χ2v) is 5.82. The molecule has 0 unspecified atom stereocenters. The Morgan fingerprint density at radius 3 is 2.31 bits per heavy atom. The van der Waals surface area contributed by atoms with E-state index in [1.807, 2.05) is 0 Å². The Labute approximate surface area is 150 Å². The van der Waals surface area contributed by atoms with Gasteiger partial charge in [-0.05, 0) is 23.3 Å². The van der Waals surface area contributed by atoms with E-state index in [0.717, 1.165) is 5.56 Å². The normalized spacial score (nSPS) is 12.7. The van der Waals surface area contributed by atoms with Crippen LogP contribution in [0, 0.1) is 0 Å². The maximum Gasteiger partial charge on any atom is 0.255 e. The summed E-state index contributed by atoms with van der Waals surface area (Å²) in [6, 6.07) is 8.26. The van der Waals surface area contributed by atoms with E-state index >= 15 is 0 Å². The van der Waals surface area contributed by atoms with Crippen molar-refractivity contribution in [1.82, 2.24) is 4.90 Å². The van der Waals surface area contributed by atoms with Gasteiger partial charge in [-0.1, -0.05) is 18.2 Å². The van der Waals surface area contributed by atoms with Crippen LogP contribution in [0.3, 0.4) is 0 Å². The summed E-state index contributed by atoms with van der Waals surface area (Å²) in [4.78, 5) is 25.6. The number of fused-ring (bicyclic) bond motifs is 1. The number of aromatic carboxylic acids is 1. The molecule has 0 N–H and O–H groups in total. The molecule has 0 bridgehead atoms. The molecule has 2 aromatic carbocycles. The van der Waals surface area contributed by atoms with Gasteiger partial charge in [-0.25, -0.2) is 0 Å². The highest BCUT2D eigenvalue weighted by Gasteiger charge is 2.30. The van der Waals surface area contributed by atoms with E-state index in [1.165, 1.54) is 27.4 Å². The molecule has 0 radical (unpaired) electrons. The van der Waals surface area contributed by atoms with Gasteiger partial charge in [0, 0.05) is 18.7 Å². The van der Waals surface area contributed by atoms with Crippen LogP contribution in [0.25, 0.3) is 0 Å². The topological polar surface area (TPSA) is 88.1 Å². The van der Waals surface area contributed by atoms with Crippen LogP contribution in [0.5, 0.6) is 17.2 Å². The van der Waals surface area contributed by atoms with Crippen LogP contribution in [0.1, 0.15) is 31.8 Å². The van der Waals surface area contributed by atoms with Crippen LogP contribution in [0.15, 0.2) is 30.3 Å². The number of carboxylic acid groups (broad SMARTS) is 1. The monoisotopic (exact) mass is 356 g/mol. The highest BCUT2D eigenvalue weighted by Crippen LogP contribution is 2.39. The van der Waals surface area contributed by atoms with E-state index in [2.05, 4.69) is 0 Å². The van der Waals surface area contributed by atoms with Crippen LogP contribution < -0.4 is 19.3 Å². The van der Waals surface area contributed by atoms with Crippen LogP contribution >= 0.6 is 0 Å². The number of hydrogen-bond acceptors (Lipinski definition) is 6. The summed E-state index contributed by atoms with van der Waals surface area (Å²) in [7, 11) is 4.55. The van der Waals surface area contributed by atoms with Gasteiger partial charge in [0.15, 0.2) is 11.5 Å². The van der Waals surface area contributed by atoms with Gasteiger partial charge in [0.25, 0.3) is 5.91 Å². The minimum absolute atomic E-state index is 0.0834. The molecule has 0 saturated carbocycles. The summed E-state index contributed by atoms with van der Waals surface area (Å²) in [5, 5.41) is 11.3. The second-order valence-electron chi connectivity index (χ2n) is 5.82. The lowest BCUT2D eigenvalue weighted by molar-refractivity contribution is -0.255. The summed E-state index contributed by atoms with van der Waals surface area (Å²) in [5.41, 5.74) is 1.56. The van der Waals surface area contributed by atoms with Crippen molar-refractivity contribution in [1.29, 1.82) is 0 Å². The lowest BCUT2D eigenvalue weighted by Crippen LogP contribution is -2.27. The maximum absolute atomic E-state index is 12.7. The molecule has 0 aromatic heterocycles. The van der Waals surface area contributed by atoms with Gasteiger partial charge in [0.05, 0.1) is 32.9 Å². The van der Waals surface area contributed by atoms with Gasteiger partial charge < -0.3 is 29.0 Å². The fourth-order valence-electron chi connectivity index (χ4n) is 3.16. The molecule has 136 valence electrons. The minimum atomic E-state index is -1.36. The largest absolute Gasteiger partial charge is 0.545 e. The average Bonchev–Trinajstić information content (AvgIpc) is 2.96. The van der Waals surface area contributed by atoms with E-state index in [4.69, 9.17) is 14.2 Å². The Hall–Kier alpha value is -3.22. The molecule has 0 spiro atoms. The first-order valence-electron chi connectivity index (χ1n) is 7.91. The first-order chi connectivity index (χ1) is 12.5. The molecule has 7 nitrogen and oxygen atoms in total. The van der Waals surface area contributed by atoms with Crippen molar-refractivity contribution in [2.45, 2.75) is 13.1 Å². The number of carbonyl (C=O) groups excluding carboxylic acids is 2.